The average molecular weight is 264 g/mol. The van der Waals surface area contributed by atoms with Gasteiger partial charge < -0.3 is 10.3 Å². The fourth-order valence-electron chi connectivity index (χ4n) is 2.38. The van der Waals surface area contributed by atoms with Crippen LogP contribution in [0.15, 0.2) is 49.4 Å². The molecule has 0 unspecified atom stereocenters. The van der Waals surface area contributed by atoms with Crippen LogP contribution < -0.4 is 5.73 Å². The Morgan fingerprint density at radius 2 is 2.00 bits per heavy atom. The maximum atomic E-state index is 6.04. The molecule has 2 N–H and O–H groups in total. The van der Waals surface area contributed by atoms with Crippen LogP contribution >= 0.6 is 0 Å². The van der Waals surface area contributed by atoms with E-state index in [1.54, 1.807) is 0 Å². The molecule has 2 heterocycles. The number of nitrogen functional groups attached to an aromatic ring is 1. The van der Waals surface area contributed by atoms with Gasteiger partial charge in [-0.2, -0.15) is 0 Å². The summed E-state index contributed by atoms with van der Waals surface area (Å²) in [5, 5.41) is 0.901. The van der Waals surface area contributed by atoms with Gasteiger partial charge in [0.05, 0.1) is 5.39 Å². The Hall–Kier alpha value is -2.62. The highest BCUT2D eigenvalue weighted by Crippen LogP contribution is 2.32. The molecule has 0 saturated carbocycles. The predicted molar refractivity (Wildman–Crippen MR) is 82.3 cm³/mol. The minimum atomic E-state index is 0.508. The number of benzene rings is 1. The van der Waals surface area contributed by atoms with Crippen molar-refractivity contribution >= 4 is 16.9 Å². The van der Waals surface area contributed by atoms with Crippen LogP contribution in [0.2, 0.25) is 0 Å². The molecule has 0 bridgehead atoms. The van der Waals surface area contributed by atoms with Crippen LogP contribution in [-0.4, -0.2) is 14.5 Å². The molecule has 0 aliphatic heterocycles. The normalized spacial score (nSPS) is 10.8. The molecule has 3 aromatic rings. The van der Waals surface area contributed by atoms with E-state index in [1.807, 2.05) is 10.6 Å². The summed E-state index contributed by atoms with van der Waals surface area (Å²) in [5.41, 5.74) is 10.3. The molecule has 0 amide bonds. The first-order chi connectivity index (χ1) is 9.70. The zero-order chi connectivity index (χ0) is 14.1. The number of nitrogens with zero attached hydrogens (tertiary/aromatic N) is 3. The number of nitrogens with two attached hydrogens (primary N) is 1. The first-order valence-electron chi connectivity index (χ1n) is 6.48. The molecule has 100 valence electrons. The number of allylic oxidation sites excluding steroid dienone is 1. The van der Waals surface area contributed by atoms with Crippen molar-refractivity contribution in [1.29, 1.82) is 0 Å². The van der Waals surface area contributed by atoms with Crippen molar-refractivity contribution in [2.24, 2.45) is 0 Å². The summed E-state index contributed by atoms with van der Waals surface area (Å²) in [6.07, 6.45) is 5.40. The molecule has 0 fully saturated rings. The first kappa shape index (κ1) is 12.4. The number of hydrogen-bond donors (Lipinski definition) is 1. The Labute approximate surface area is 117 Å². The van der Waals surface area contributed by atoms with Crippen molar-refractivity contribution in [1.82, 2.24) is 14.5 Å². The summed E-state index contributed by atoms with van der Waals surface area (Å²) in [5.74, 6) is 0.508. The Morgan fingerprint density at radius 1 is 1.25 bits per heavy atom. The van der Waals surface area contributed by atoms with Crippen LogP contribution in [-0.2, 0) is 6.54 Å². The van der Waals surface area contributed by atoms with Gasteiger partial charge in [0, 0.05) is 18.3 Å². The Kier molecular flexibility index (Phi) is 2.99. The van der Waals surface area contributed by atoms with Gasteiger partial charge in [-0.25, -0.2) is 9.97 Å². The zero-order valence-corrected chi connectivity index (χ0v) is 11.4. The van der Waals surface area contributed by atoms with Crippen LogP contribution in [0, 0.1) is 6.92 Å². The molecular formula is C16H16N4. The van der Waals surface area contributed by atoms with Gasteiger partial charge in [0.1, 0.15) is 17.8 Å². The fraction of sp³-hybridized carbons (Fsp3) is 0.125. The van der Waals surface area contributed by atoms with Gasteiger partial charge >= 0.3 is 0 Å². The highest BCUT2D eigenvalue weighted by Gasteiger charge is 2.14. The largest absolute Gasteiger partial charge is 0.383 e. The third-order valence-corrected chi connectivity index (χ3v) is 3.37. The molecule has 20 heavy (non-hydrogen) atoms. The van der Waals surface area contributed by atoms with E-state index in [-0.39, 0.29) is 0 Å². The monoisotopic (exact) mass is 264 g/mol. The fourth-order valence-corrected chi connectivity index (χ4v) is 2.38. The second-order valence-corrected chi connectivity index (χ2v) is 4.81. The quantitative estimate of drug-likeness (QED) is 0.739. The molecule has 0 spiro atoms. The van der Waals surface area contributed by atoms with Crippen LogP contribution in [0.1, 0.15) is 5.56 Å². The Bertz CT molecular complexity index is 769. The van der Waals surface area contributed by atoms with Crippen LogP contribution in [0.3, 0.4) is 0 Å². The second kappa shape index (κ2) is 4.81. The molecule has 0 radical (unpaired) electrons. The van der Waals surface area contributed by atoms with Gasteiger partial charge in [-0.3, -0.25) is 0 Å². The molecule has 0 atom stereocenters. The number of hydrogen-bond acceptors (Lipinski definition) is 3. The number of fused-ring (bicyclic) bond motifs is 1. The number of rotatable bonds is 3. The first-order valence-corrected chi connectivity index (χ1v) is 6.48. The Morgan fingerprint density at radius 3 is 2.70 bits per heavy atom. The zero-order valence-electron chi connectivity index (χ0n) is 11.4. The lowest BCUT2D eigenvalue weighted by Gasteiger charge is -2.01. The van der Waals surface area contributed by atoms with Gasteiger partial charge in [-0.15, -0.1) is 6.58 Å². The van der Waals surface area contributed by atoms with E-state index in [0.29, 0.717) is 12.4 Å². The van der Waals surface area contributed by atoms with Crippen molar-refractivity contribution in [2.45, 2.75) is 13.5 Å². The number of aromatic nitrogens is 3. The SMILES string of the molecule is C=CCn1cc(-c2ccc(C)cc2)c2c(N)ncnc21. The summed E-state index contributed by atoms with van der Waals surface area (Å²) in [6.45, 7) is 6.55. The molecule has 2 aromatic heterocycles. The summed E-state index contributed by atoms with van der Waals surface area (Å²) >= 11 is 0. The lowest BCUT2D eigenvalue weighted by Crippen LogP contribution is -1.97. The Balaban J connectivity index is 2.29. The van der Waals surface area contributed by atoms with Crippen molar-refractivity contribution in [2.75, 3.05) is 5.73 Å². The standard InChI is InChI=1S/C16H16N4/c1-3-8-20-9-13(12-6-4-11(2)5-7-12)14-15(17)18-10-19-16(14)20/h3-7,9-10H,1,8H2,2H3,(H2,17,18,19). The summed E-state index contributed by atoms with van der Waals surface area (Å²) < 4.78 is 2.04. The lowest BCUT2D eigenvalue weighted by atomic mass is 10.0. The lowest BCUT2D eigenvalue weighted by molar-refractivity contribution is 0.851. The van der Waals surface area contributed by atoms with E-state index in [9.17, 15) is 0 Å². The van der Waals surface area contributed by atoms with E-state index in [0.717, 1.165) is 22.2 Å². The second-order valence-electron chi connectivity index (χ2n) is 4.81. The highest BCUT2D eigenvalue weighted by atomic mass is 15.1. The number of anilines is 1. The smallest absolute Gasteiger partial charge is 0.146 e. The molecule has 4 heteroatoms. The maximum Gasteiger partial charge on any atom is 0.146 e. The van der Waals surface area contributed by atoms with Gasteiger partial charge in [0.2, 0.25) is 0 Å². The molecule has 4 nitrogen and oxygen atoms in total. The highest BCUT2D eigenvalue weighted by molar-refractivity contribution is 6.00. The van der Waals surface area contributed by atoms with E-state index in [4.69, 9.17) is 5.73 Å². The maximum absolute atomic E-state index is 6.04. The number of aryl methyl sites for hydroxylation is 1. The summed E-state index contributed by atoms with van der Waals surface area (Å²) in [4.78, 5) is 8.46. The van der Waals surface area contributed by atoms with Crippen molar-refractivity contribution in [3.8, 4) is 11.1 Å². The minimum absolute atomic E-state index is 0.508. The molecule has 3 rings (SSSR count). The van der Waals surface area contributed by atoms with Gasteiger partial charge in [-0.1, -0.05) is 35.9 Å². The molecule has 1 aromatic carbocycles. The van der Waals surface area contributed by atoms with Crippen molar-refractivity contribution < 1.29 is 0 Å². The van der Waals surface area contributed by atoms with Crippen molar-refractivity contribution in [3.05, 3.63) is 55.0 Å². The van der Waals surface area contributed by atoms with Crippen LogP contribution in [0.5, 0.6) is 0 Å². The molecule has 0 aliphatic rings. The van der Waals surface area contributed by atoms with Gasteiger partial charge in [-0.05, 0) is 12.5 Å². The average Bonchev–Trinajstić information content (AvgIpc) is 2.81. The third kappa shape index (κ3) is 1.95. The molecule has 0 aliphatic carbocycles. The molecular weight excluding hydrogens is 248 g/mol. The summed E-state index contributed by atoms with van der Waals surface area (Å²) in [7, 11) is 0. The van der Waals surface area contributed by atoms with Gasteiger partial charge in [0.15, 0.2) is 0 Å². The van der Waals surface area contributed by atoms with Crippen LogP contribution in [0.4, 0.5) is 5.82 Å². The van der Waals surface area contributed by atoms with Crippen molar-refractivity contribution in [3.63, 3.8) is 0 Å². The third-order valence-electron chi connectivity index (χ3n) is 3.37. The van der Waals surface area contributed by atoms with Gasteiger partial charge in [0.25, 0.3) is 0 Å². The minimum Gasteiger partial charge on any atom is -0.383 e. The predicted octanol–water partition coefficient (Wildman–Crippen LogP) is 3.17. The summed E-state index contributed by atoms with van der Waals surface area (Å²) in [6, 6.07) is 8.36. The topological polar surface area (TPSA) is 56.7 Å². The molecule has 0 saturated heterocycles. The van der Waals surface area contributed by atoms with E-state index in [2.05, 4.69) is 53.9 Å². The van der Waals surface area contributed by atoms with E-state index >= 15 is 0 Å². The van der Waals surface area contributed by atoms with E-state index < -0.39 is 0 Å². The van der Waals surface area contributed by atoms with Crippen LogP contribution in [0.25, 0.3) is 22.2 Å². The van der Waals surface area contributed by atoms with E-state index in [1.165, 1.54) is 11.9 Å².